The van der Waals surface area contributed by atoms with E-state index in [0.717, 1.165) is 22.2 Å². The average Bonchev–Trinajstić information content (AvgIpc) is 2.89. The Hall–Kier alpha value is -3.48. The molecule has 2 heterocycles. The zero-order valence-corrected chi connectivity index (χ0v) is 16.3. The minimum atomic E-state index is -0.350. The van der Waals surface area contributed by atoms with Gasteiger partial charge in [-0.3, -0.25) is 4.99 Å². The van der Waals surface area contributed by atoms with E-state index in [2.05, 4.69) is 4.99 Å². The largest absolute Gasteiger partial charge is 0.494 e. The summed E-state index contributed by atoms with van der Waals surface area (Å²) in [6, 6.07) is 15.2. The van der Waals surface area contributed by atoms with Gasteiger partial charge in [0, 0.05) is 43.3 Å². The number of aromatic hydroxyl groups is 1. The Bertz CT molecular complexity index is 1070. The highest BCUT2D eigenvalue weighted by molar-refractivity contribution is 6.14. The number of fused-ring (bicyclic) bond motifs is 1. The van der Waals surface area contributed by atoms with Crippen molar-refractivity contribution in [2.45, 2.75) is 13.0 Å². The molecule has 4 rings (SSSR count). The van der Waals surface area contributed by atoms with Crippen LogP contribution < -0.4 is 5.73 Å². The van der Waals surface area contributed by atoms with Crippen LogP contribution in [0.4, 0.5) is 10.5 Å². The zero-order chi connectivity index (χ0) is 20.4. The Morgan fingerprint density at radius 3 is 2.79 bits per heavy atom. The molecule has 0 fully saturated rings. The molecule has 3 N–H and O–H groups in total. The number of carbonyl (C=O) groups excluding carboxylic acids is 1. The molecule has 0 aliphatic carbocycles. The van der Waals surface area contributed by atoms with Gasteiger partial charge in [0.1, 0.15) is 6.61 Å². The van der Waals surface area contributed by atoms with Crippen molar-refractivity contribution in [1.82, 2.24) is 9.47 Å². The summed E-state index contributed by atoms with van der Waals surface area (Å²) < 4.78 is 7.17. The van der Waals surface area contributed by atoms with Crippen molar-refractivity contribution in [3.05, 3.63) is 59.7 Å². The third-order valence-electron chi connectivity index (χ3n) is 5.24. The zero-order valence-electron chi connectivity index (χ0n) is 16.3. The number of aryl methyl sites for hydroxylation is 1. The lowest BCUT2D eigenvalue weighted by molar-refractivity contribution is 0.0987. The molecule has 0 saturated carbocycles. The summed E-state index contributed by atoms with van der Waals surface area (Å²) >= 11 is 0. The van der Waals surface area contributed by atoms with Gasteiger partial charge >= 0.3 is 6.09 Å². The molecule has 2 aromatic carbocycles. The molecule has 0 bridgehead atoms. The Morgan fingerprint density at radius 1 is 1.21 bits per heavy atom. The number of carbonyl (C=O) groups is 1. The number of nitrogens with two attached hydrogens (primary N) is 1. The van der Waals surface area contributed by atoms with Crippen LogP contribution in [-0.4, -0.2) is 46.0 Å². The van der Waals surface area contributed by atoms with E-state index < -0.39 is 0 Å². The maximum Gasteiger partial charge on any atom is 0.410 e. The van der Waals surface area contributed by atoms with Gasteiger partial charge in [-0.15, -0.1) is 0 Å². The lowest BCUT2D eigenvalue weighted by Gasteiger charge is -2.19. The van der Waals surface area contributed by atoms with E-state index in [4.69, 9.17) is 10.5 Å². The first-order valence-corrected chi connectivity index (χ1v) is 9.61. The van der Waals surface area contributed by atoms with E-state index in [1.165, 1.54) is 0 Å². The number of aliphatic imine (C=N–C) groups is 1. The van der Waals surface area contributed by atoms with Crippen molar-refractivity contribution < 1.29 is 14.6 Å². The van der Waals surface area contributed by atoms with E-state index in [-0.39, 0.29) is 18.6 Å². The topological polar surface area (TPSA) is 93.1 Å². The molecule has 29 heavy (non-hydrogen) atoms. The normalized spacial score (nSPS) is 14.5. The van der Waals surface area contributed by atoms with Crippen molar-refractivity contribution in [3.63, 3.8) is 0 Å². The molecule has 3 aromatic rings. The molecule has 1 amide bonds. The van der Waals surface area contributed by atoms with E-state index >= 15 is 0 Å². The van der Waals surface area contributed by atoms with Crippen molar-refractivity contribution >= 4 is 28.4 Å². The number of anilines is 1. The molecular formula is C22H24N4O3. The van der Waals surface area contributed by atoms with Crippen LogP contribution in [0.5, 0.6) is 5.88 Å². The van der Waals surface area contributed by atoms with E-state index in [1.54, 1.807) is 9.47 Å². The van der Waals surface area contributed by atoms with Crippen LogP contribution in [0.1, 0.15) is 17.5 Å². The van der Waals surface area contributed by atoms with Crippen molar-refractivity contribution in [2.75, 3.05) is 25.4 Å². The molecule has 150 valence electrons. The van der Waals surface area contributed by atoms with Crippen molar-refractivity contribution in [2.24, 2.45) is 12.0 Å². The second-order valence-electron chi connectivity index (χ2n) is 7.14. The van der Waals surface area contributed by atoms with Gasteiger partial charge in [0.2, 0.25) is 5.88 Å². The number of benzene rings is 2. The third kappa shape index (κ3) is 3.76. The van der Waals surface area contributed by atoms with Crippen molar-refractivity contribution in [3.8, 4) is 5.88 Å². The third-order valence-corrected chi connectivity index (χ3v) is 5.24. The number of ether oxygens (including phenoxy) is 1. The summed E-state index contributed by atoms with van der Waals surface area (Å²) in [6.07, 6.45) is 0.179. The number of aromatic nitrogens is 1. The Morgan fingerprint density at radius 2 is 2.00 bits per heavy atom. The number of rotatable bonds is 3. The molecule has 0 spiro atoms. The monoisotopic (exact) mass is 392 g/mol. The van der Waals surface area contributed by atoms with Crippen LogP contribution in [0.15, 0.2) is 53.5 Å². The maximum absolute atomic E-state index is 12.5. The number of hydrogen-bond donors (Lipinski definition) is 2. The summed E-state index contributed by atoms with van der Waals surface area (Å²) in [6.45, 7) is 1.65. The lowest BCUT2D eigenvalue weighted by atomic mass is 10.0. The number of nitrogens with zero attached hydrogens (tertiary/aromatic N) is 3. The van der Waals surface area contributed by atoms with E-state index in [1.807, 2.05) is 55.6 Å². The molecule has 0 atom stereocenters. The molecule has 7 heteroatoms. The number of amides is 1. The highest BCUT2D eigenvalue weighted by atomic mass is 16.6. The highest BCUT2D eigenvalue weighted by Crippen LogP contribution is 2.33. The van der Waals surface area contributed by atoms with Gasteiger partial charge in [-0.25, -0.2) is 4.79 Å². The Labute approximate surface area is 169 Å². The molecule has 1 aromatic heterocycles. The first kappa shape index (κ1) is 18.9. The van der Waals surface area contributed by atoms with Gasteiger partial charge in [0.15, 0.2) is 0 Å². The predicted molar refractivity (Wildman–Crippen MR) is 113 cm³/mol. The van der Waals surface area contributed by atoms with E-state index in [0.29, 0.717) is 37.3 Å². The van der Waals surface area contributed by atoms with Crippen LogP contribution in [0.25, 0.3) is 10.9 Å². The van der Waals surface area contributed by atoms with Gasteiger partial charge in [0.25, 0.3) is 0 Å². The van der Waals surface area contributed by atoms with Crippen molar-refractivity contribution in [1.29, 1.82) is 0 Å². The fraction of sp³-hybridized carbons (Fsp3) is 0.273. The minimum absolute atomic E-state index is 0.157. The van der Waals surface area contributed by atoms with Crippen LogP contribution in [0.2, 0.25) is 0 Å². The van der Waals surface area contributed by atoms with Crippen LogP contribution >= 0.6 is 0 Å². The molecule has 1 aliphatic rings. The maximum atomic E-state index is 12.5. The first-order chi connectivity index (χ1) is 14.0. The SMILES string of the molecule is Cn1c(O)c(C2=NCCN(C(=O)OCc3ccccc3)CC2)c2cc(N)ccc21. The summed E-state index contributed by atoms with van der Waals surface area (Å²) in [5.41, 5.74) is 9.89. The highest BCUT2D eigenvalue weighted by Gasteiger charge is 2.24. The van der Waals surface area contributed by atoms with Gasteiger partial charge in [-0.2, -0.15) is 0 Å². The first-order valence-electron chi connectivity index (χ1n) is 9.61. The van der Waals surface area contributed by atoms with E-state index in [9.17, 15) is 9.90 Å². The molecule has 0 saturated heterocycles. The molecule has 0 unspecified atom stereocenters. The quantitative estimate of drug-likeness (QED) is 0.669. The lowest BCUT2D eigenvalue weighted by Crippen LogP contribution is -2.34. The van der Waals surface area contributed by atoms with Crippen LogP contribution in [0, 0.1) is 0 Å². The summed E-state index contributed by atoms with van der Waals surface area (Å²) in [4.78, 5) is 18.8. The Balaban J connectivity index is 1.48. The summed E-state index contributed by atoms with van der Waals surface area (Å²) in [5, 5.41) is 11.5. The number of hydrogen-bond acceptors (Lipinski definition) is 5. The van der Waals surface area contributed by atoms with Crippen LogP contribution in [0.3, 0.4) is 0 Å². The fourth-order valence-electron chi connectivity index (χ4n) is 3.67. The standard InChI is InChI=1S/C22H24N4O3/c1-25-19-8-7-16(23)13-17(19)20(21(25)27)18-9-11-26(12-10-24-18)22(28)29-14-15-5-3-2-4-6-15/h2-8,13,27H,9-12,14,23H2,1H3. The number of nitrogen functional groups attached to an aromatic ring is 1. The second-order valence-corrected chi connectivity index (χ2v) is 7.14. The van der Waals surface area contributed by atoms with Crippen LogP contribution in [-0.2, 0) is 18.4 Å². The molecule has 0 radical (unpaired) electrons. The Kier molecular flexibility index (Phi) is 5.12. The predicted octanol–water partition coefficient (Wildman–Crippen LogP) is 3.30. The van der Waals surface area contributed by atoms with Gasteiger partial charge < -0.3 is 25.0 Å². The molecule has 1 aliphatic heterocycles. The second kappa shape index (κ2) is 7.87. The summed E-state index contributed by atoms with van der Waals surface area (Å²) in [5.74, 6) is 0.157. The molecular weight excluding hydrogens is 368 g/mol. The fourth-order valence-corrected chi connectivity index (χ4v) is 3.67. The van der Waals surface area contributed by atoms with Gasteiger partial charge in [-0.05, 0) is 23.8 Å². The smallest absolute Gasteiger partial charge is 0.410 e. The summed E-state index contributed by atoms with van der Waals surface area (Å²) in [7, 11) is 1.81. The average molecular weight is 392 g/mol. The molecule has 7 nitrogen and oxygen atoms in total. The van der Waals surface area contributed by atoms with Gasteiger partial charge in [0.05, 0.1) is 17.6 Å². The van der Waals surface area contributed by atoms with Gasteiger partial charge in [-0.1, -0.05) is 30.3 Å². The minimum Gasteiger partial charge on any atom is -0.494 e.